The Morgan fingerprint density at radius 2 is 2.11 bits per heavy atom. The highest BCUT2D eigenvalue weighted by atomic mass is 32.1. The standard InChI is InChI=1S/C14H16N2O2S/c1-10(2)18-12-5-3-11(4-6-12)9-13(17)16-14-15-7-8-19-14/h3-8,10H,9H2,1-2H3,(H,15,16,17). The van der Waals surface area contributed by atoms with Crippen molar-refractivity contribution in [1.82, 2.24) is 4.98 Å². The summed E-state index contributed by atoms with van der Waals surface area (Å²) in [7, 11) is 0. The molecule has 0 atom stereocenters. The molecule has 1 aromatic carbocycles. The number of nitrogens with one attached hydrogen (secondary N) is 1. The summed E-state index contributed by atoms with van der Waals surface area (Å²) in [4.78, 5) is 15.8. The molecule has 0 saturated carbocycles. The number of rotatable bonds is 5. The molecule has 0 bridgehead atoms. The number of benzene rings is 1. The van der Waals surface area contributed by atoms with Crippen molar-refractivity contribution >= 4 is 22.4 Å². The smallest absolute Gasteiger partial charge is 0.230 e. The highest BCUT2D eigenvalue weighted by molar-refractivity contribution is 7.13. The lowest BCUT2D eigenvalue weighted by Gasteiger charge is -2.10. The Morgan fingerprint density at radius 1 is 1.37 bits per heavy atom. The molecule has 4 nitrogen and oxygen atoms in total. The van der Waals surface area contributed by atoms with E-state index in [2.05, 4.69) is 10.3 Å². The molecule has 1 heterocycles. The predicted octanol–water partition coefficient (Wildman–Crippen LogP) is 3.11. The van der Waals surface area contributed by atoms with E-state index in [-0.39, 0.29) is 12.0 Å². The first kappa shape index (κ1) is 13.5. The Labute approximate surface area is 116 Å². The monoisotopic (exact) mass is 276 g/mol. The van der Waals surface area contributed by atoms with Crippen LogP contribution in [-0.2, 0) is 11.2 Å². The third kappa shape index (κ3) is 4.37. The molecule has 0 aliphatic rings. The molecule has 0 aliphatic heterocycles. The third-order valence-electron chi connectivity index (χ3n) is 2.34. The first-order chi connectivity index (χ1) is 9.13. The van der Waals surface area contributed by atoms with Crippen LogP contribution in [-0.4, -0.2) is 17.0 Å². The Bertz CT molecular complexity index is 521. The first-order valence-electron chi connectivity index (χ1n) is 6.08. The van der Waals surface area contributed by atoms with Crippen LogP contribution in [0.1, 0.15) is 19.4 Å². The minimum atomic E-state index is -0.0625. The van der Waals surface area contributed by atoms with Crippen molar-refractivity contribution in [3.63, 3.8) is 0 Å². The highest BCUT2D eigenvalue weighted by Gasteiger charge is 2.06. The molecular formula is C14H16N2O2S. The lowest BCUT2D eigenvalue weighted by Crippen LogP contribution is -2.14. The van der Waals surface area contributed by atoms with E-state index in [0.29, 0.717) is 11.6 Å². The number of hydrogen-bond acceptors (Lipinski definition) is 4. The molecule has 1 N–H and O–H groups in total. The second-order valence-electron chi connectivity index (χ2n) is 4.37. The lowest BCUT2D eigenvalue weighted by atomic mass is 10.1. The van der Waals surface area contributed by atoms with Crippen molar-refractivity contribution in [2.75, 3.05) is 5.32 Å². The Balaban J connectivity index is 1.90. The van der Waals surface area contributed by atoms with Gasteiger partial charge >= 0.3 is 0 Å². The van der Waals surface area contributed by atoms with Crippen molar-refractivity contribution in [2.24, 2.45) is 0 Å². The van der Waals surface area contributed by atoms with Gasteiger partial charge in [-0.3, -0.25) is 4.79 Å². The van der Waals surface area contributed by atoms with E-state index >= 15 is 0 Å². The summed E-state index contributed by atoms with van der Waals surface area (Å²) in [6, 6.07) is 7.57. The number of hydrogen-bond donors (Lipinski definition) is 1. The Morgan fingerprint density at radius 3 is 2.68 bits per heavy atom. The van der Waals surface area contributed by atoms with Gasteiger partial charge in [-0.25, -0.2) is 4.98 Å². The minimum Gasteiger partial charge on any atom is -0.491 e. The fraction of sp³-hybridized carbons (Fsp3) is 0.286. The first-order valence-corrected chi connectivity index (χ1v) is 6.96. The van der Waals surface area contributed by atoms with Crippen LogP contribution < -0.4 is 10.1 Å². The molecule has 0 unspecified atom stereocenters. The van der Waals surface area contributed by atoms with Gasteiger partial charge in [-0.15, -0.1) is 11.3 Å². The van der Waals surface area contributed by atoms with E-state index < -0.39 is 0 Å². The van der Waals surface area contributed by atoms with Crippen molar-refractivity contribution < 1.29 is 9.53 Å². The molecule has 1 aromatic heterocycles. The van der Waals surface area contributed by atoms with Crippen LogP contribution in [0.5, 0.6) is 5.75 Å². The van der Waals surface area contributed by atoms with Gasteiger partial charge in [0, 0.05) is 11.6 Å². The normalized spacial score (nSPS) is 10.5. The van der Waals surface area contributed by atoms with Crippen LogP contribution in [0.15, 0.2) is 35.8 Å². The number of anilines is 1. The lowest BCUT2D eigenvalue weighted by molar-refractivity contribution is -0.115. The third-order valence-corrected chi connectivity index (χ3v) is 3.03. The number of carbonyl (C=O) groups is 1. The van der Waals surface area contributed by atoms with Gasteiger partial charge in [-0.05, 0) is 31.5 Å². The van der Waals surface area contributed by atoms with Crippen molar-refractivity contribution in [2.45, 2.75) is 26.4 Å². The molecule has 0 aliphatic carbocycles. The maximum atomic E-state index is 11.8. The van der Waals surface area contributed by atoms with Gasteiger partial charge in [0.25, 0.3) is 0 Å². The predicted molar refractivity (Wildman–Crippen MR) is 76.7 cm³/mol. The summed E-state index contributed by atoms with van der Waals surface area (Å²) < 4.78 is 5.55. The maximum Gasteiger partial charge on any atom is 0.230 e. The van der Waals surface area contributed by atoms with Gasteiger partial charge < -0.3 is 10.1 Å². The summed E-state index contributed by atoms with van der Waals surface area (Å²) in [5, 5.41) is 5.21. The molecule has 0 fully saturated rings. The fourth-order valence-corrected chi connectivity index (χ4v) is 2.14. The van der Waals surface area contributed by atoms with Gasteiger partial charge in [0.1, 0.15) is 5.75 Å². The zero-order valence-electron chi connectivity index (χ0n) is 10.9. The average Bonchev–Trinajstić information content (AvgIpc) is 2.83. The van der Waals surface area contributed by atoms with Gasteiger partial charge in [0.05, 0.1) is 12.5 Å². The molecule has 100 valence electrons. The van der Waals surface area contributed by atoms with Gasteiger partial charge in [-0.2, -0.15) is 0 Å². The number of aromatic nitrogens is 1. The van der Waals surface area contributed by atoms with Gasteiger partial charge in [0.15, 0.2) is 5.13 Å². The van der Waals surface area contributed by atoms with Crippen LogP contribution >= 0.6 is 11.3 Å². The molecule has 1 amide bonds. The molecule has 0 radical (unpaired) electrons. The molecule has 0 spiro atoms. The molecule has 5 heteroatoms. The van der Waals surface area contributed by atoms with Gasteiger partial charge in [0.2, 0.25) is 5.91 Å². The summed E-state index contributed by atoms with van der Waals surface area (Å²) in [5.74, 6) is 0.756. The van der Waals surface area contributed by atoms with E-state index in [0.717, 1.165) is 11.3 Å². The quantitative estimate of drug-likeness (QED) is 0.913. The summed E-state index contributed by atoms with van der Waals surface area (Å²) >= 11 is 1.41. The van der Waals surface area contributed by atoms with Crippen LogP contribution in [0.4, 0.5) is 5.13 Å². The van der Waals surface area contributed by atoms with E-state index in [1.165, 1.54) is 11.3 Å². The van der Waals surface area contributed by atoms with Crippen molar-refractivity contribution in [3.05, 3.63) is 41.4 Å². The maximum absolute atomic E-state index is 11.8. The van der Waals surface area contributed by atoms with Crippen molar-refractivity contribution in [1.29, 1.82) is 0 Å². The van der Waals surface area contributed by atoms with E-state index in [4.69, 9.17) is 4.74 Å². The molecule has 2 rings (SSSR count). The summed E-state index contributed by atoms with van der Waals surface area (Å²) in [6.45, 7) is 3.96. The second-order valence-corrected chi connectivity index (χ2v) is 5.27. The molecule has 0 saturated heterocycles. The van der Waals surface area contributed by atoms with Crippen molar-refractivity contribution in [3.8, 4) is 5.75 Å². The number of nitrogens with zero attached hydrogens (tertiary/aromatic N) is 1. The summed E-state index contributed by atoms with van der Waals surface area (Å²) in [6.07, 6.45) is 2.15. The van der Waals surface area contributed by atoms with Gasteiger partial charge in [-0.1, -0.05) is 12.1 Å². The number of ether oxygens (including phenoxy) is 1. The summed E-state index contributed by atoms with van der Waals surface area (Å²) in [5.41, 5.74) is 0.949. The number of amides is 1. The van der Waals surface area contributed by atoms with Crippen LogP contribution in [0.3, 0.4) is 0 Å². The second kappa shape index (κ2) is 6.33. The largest absolute Gasteiger partial charge is 0.491 e. The minimum absolute atomic E-state index is 0.0625. The van der Waals surface area contributed by atoms with E-state index in [1.54, 1.807) is 6.20 Å². The highest BCUT2D eigenvalue weighted by Crippen LogP contribution is 2.15. The zero-order chi connectivity index (χ0) is 13.7. The number of carbonyl (C=O) groups excluding carboxylic acids is 1. The average molecular weight is 276 g/mol. The topological polar surface area (TPSA) is 51.2 Å². The van der Waals surface area contributed by atoms with Crippen LogP contribution in [0.25, 0.3) is 0 Å². The zero-order valence-corrected chi connectivity index (χ0v) is 11.7. The van der Waals surface area contributed by atoms with Crippen LogP contribution in [0.2, 0.25) is 0 Å². The number of thiazole rings is 1. The Kier molecular flexibility index (Phi) is 4.52. The molecule has 19 heavy (non-hydrogen) atoms. The Hall–Kier alpha value is -1.88. The molecule has 2 aromatic rings. The molecular weight excluding hydrogens is 260 g/mol. The van der Waals surface area contributed by atoms with E-state index in [9.17, 15) is 4.79 Å². The van der Waals surface area contributed by atoms with E-state index in [1.807, 2.05) is 43.5 Å². The fourth-order valence-electron chi connectivity index (χ4n) is 1.59. The SMILES string of the molecule is CC(C)Oc1ccc(CC(=O)Nc2nccs2)cc1. The van der Waals surface area contributed by atoms with Crippen LogP contribution in [0, 0.1) is 0 Å².